The highest BCUT2D eigenvalue weighted by atomic mass is 79.9. The van der Waals surface area contributed by atoms with Gasteiger partial charge in [0.1, 0.15) is 5.65 Å². The Balaban J connectivity index is 1.85. The Bertz CT molecular complexity index is 598. The van der Waals surface area contributed by atoms with E-state index >= 15 is 0 Å². The van der Waals surface area contributed by atoms with Crippen LogP contribution in [0.1, 0.15) is 31.9 Å². The van der Waals surface area contributed by atoms with Gasteiger partial charge in [-0.2, -0.15) is 0 Å². The molecule has 3 heterocycles. The number of halogens is 1. The van der Waals surface area contributed by atoms with Crippen LogP contribution in [0.3, 0.4) is 0 Å². The minimum absolute atomic E-state index is 0.340. The van der Waals surface area contributed by atoms with Crippen LogP contribution in [0.15, 0.2) is 24.4 Å². The molecule has 3 rings (SSSR count). The summed E-state index contributed by atoms with van der Waals surface area (Å²) in [5.41, 5.74) is 2.24. The van der Waals surface area contributed by atoms with Crippen molar-refractivity contribution in [3.8, 4) is 0 Å². The topological polar surface area (TPSA) is 29.8 Å². The monoisotopic (exact) mass is 351 g/mol. The first kappa shape index (κ1) is 14.9. The first-order valence-electron chi connectivity index (χ1n) is 7.72. The summed E-state index contributed by atoms with van der Waals surface area (Å²) in [6, 6.07) is 6.14. The average molecular weight is 352 g/mol. The first-order valence-corrected chi connectivity index (χ1v) is 8.84. The predicted octanol–water partition coefficient (Wildman–Crippen LogP) is 3.62. The van der Waals surface area contributed by atoms with E-state index in [-0.39, 0.29) is 0 Å². The molecule has 0 aromatic carbocycles. The van der Waals surface area contributed by atoms with E-state index in [1.165, 1.54) is 12.1 Å². The highest BCUT2D eigenvalue weighted by Crippen LogP contribution is 2.27. The summed E-state index contributed by atoms with van der Waals surface area (Å²) in [4.78, 5) is 7.21. The van der Waals surface area contributed by atoms with Crippen LogP contribution in [0.5, 0.6) is 0 Å². The van der Waals surface area contributed by atoms with Crippen LogP contribution in [0.4, 0.5) is 5.82 Å². The lowest BCUT2D eigenvalue weighted by Crippen LogP contribution is -2.40. The van der Waals surface area contributed by atoms with Crippen LogP contribution < -0.4 is 4.90 Å². The van der Waals surface area contributed by atoms with E-state index in [1.54, 1.807) is 0 Å². The van der Waals surface area contributed by atoms with Gasteiger partial charge in [-0.3, -0.25) is 0 Å². The number of alkyl halides is 1. The number of anilines is 1. The third-order valence-electron chi connectivity index (χ3n) is 3.97. The zero-order chi connectivity index (χ0) is 14.7. The van der Waals surface area contributed by atoms with Crippen molar-refractivity contribution in [2.75, 3.05) is 24.6 Å². The van der Waals surface area contributed by atoms with E-state index in [0.29, 0.717) is 6.10 Å². The summed E-state index contributed by atoms with van der Waals surface area (Å²) < 4.78 is 8.11. The largest absolute Gasteiger partial charge is 0.376 e. The third-order valence-corrected chi connectivity index (χ3v) is 4.50. The lowest BCUT2D eigenvalue weighted by molar-refractivity contribution is 0.0439. The quantitative estimate of drug-likeness (QED) is 0.770. The molecular weight excluding hydrogens is 330 g/mol. The van der Waals surface area contributed by atoms with Crippen molar-refractivity contribution in [3.63, 3.8) is 0 Å². The van der Waals surface area contributed by atoms with E-state index in [9.17, 15) is 0 Å². The van der Waals surface area contributed by atoms with E-state index in [0.717, 1.165) is 49.3 Å². The zero-order valence-corrected chi connectivity index (χ0v) is 14.1. The van der Waals surface area contributed by atoms with Crippen LogP contribution in [0.25, 0.3) is 5.65 Å². The van der Waals surface area contributed by atoms with Crippen molar-refractivity contribution in [1.29, 1.82) is 0 Å². The maximum Gasteiger partial charge on any atom is 0.152 e. The highest BCUT2D eigenvalue weighted by molar-refractivity contribution is 9.08. The SMILES string of the molecule is CCCOC1CCCN(c2nc3ccccn3c2CBr)C1. The molecular formula is C16H22BrN3O. The molecule has 0 N–H and O–H groups in total. The summed E-state index contributed by atoms with van der Waals surface area (Å²) in [5, 5.41) is 0.810. The molecule has 21 heavy (non-hydrogen) atoms. The van der Waals surface area contributed by atoms with Gasteiger partial charge in [0.15, 0.2) is 5.82 Å². The number of piperidine rings is 1. The average Bonchev–Trinajstić information content (AvgIpc) is 2.91. The standard InChI is InChI=1S/C16H22BrN3O/c1-2-10-21-13-6-5-8-19(12-13)16-14(11-17)20-9-4-3-7-15(20)18-16/h3-4,7,9,13H,2,5-6,8,10-12H2,1H3. The number of aromatic nitrogens is 2. The van der Waals surface area contributed by atoms with E-state index < -0.39 is 0 Å². The van der Waals surface area contributed by atoms with Crippen LogP contribution in [-0.4, -0.2) is 35.2 Å². The normalized spacial score (nSPS) is 19.3. The smallest absolute Gasteiger partial charge is 0.152 e. The van der Waals surface area contributed by atoms with E-state index in [4.69, 9.17) is 9.72 Å². The number of ether oxygens (including phenoxy) is 1. The molecule has 0 bridgehead atoms. The van der Waals surface area contributed by atoms with E-state index in [1.807, 2.05) is 12.1 Å². The Hall–Kier alpha value is -1.07. The molecule has 5 heteroatoms. The van der Waals surface area contributed by atoms with Crippen molar-refractivity contribution in [3.05, 3.63) is 30.1 Å². The van der Waals surface area contributed by atoms with Gasteiger partial charge in [-0.15, -0.1) is 0 Å². The number of rotatable bonds is 5. The number of hydrogen-bond donors (Lipinski definition) is 0. The van der Waals surface area contributed by atoms with E-state index in [2.05, 4.69) is 44.4 Å². The number of pyridine rings is 1. The van der Waals surface area contributed by atoms with Gasteiger partial charge in [0.05, 0.1) is 11.8 Å². The molecule has 0 aliphatic carbocycles. The molecule has 0 amide bonds. The lowest BCUT2D eigenvalue weighted by atomic mass is 10.1. The van der Waals surface area contributed by atoms with Crippen molar-refractivity contribution < 1.29 is 4.74 Å². The Morgan fingerprint density at radius 1 is 1.43 bits per heavy atom. The summed E-state index contributed by atoms with van der Waals surface area (Å²) >= 11 is 3.61. The molecule has 0 saturated carbocycles. The summed E-state index contributed by atoms with van der Waals surface area (Å²) in [6.45, 7) is 5.03. The minimum atomic E-state index is 0.340. The van der Waals surface area contributed by atoms with Crippen molar-refractivity contribution >= 4 is 27.4 Å². The second-order valence-corrected chi connectivity index (χ2v) is 6.09. The maximum absolute atomic E-state index is 5.94. The Labute approximate surface area is 134 Å². The fraction of sp³-hybridized carbons (Fsp3) is 0.562. The molecule has 1 aliphatic heterocycles. The van der Waals surface area contributed by atoms with Gasteiger partial charge in [0, 0.05) is 31.2 Å². The fourth-order valence-corrected chi connectivity index (χ4v) is 3.48. The summed E-state index contributed by atoms with van der Waals surface area (Å²) in [7, 11) is 0. The summed E-state index contributed by atoms with van der Waals surface area (Å²) in [5.74, 6) is 1.10. The molecule has 1 atom stereocenters. The maximum atomic E-state index is 5.94. The molecule has 1 unspecified atom stereocenters. The van der Waals surface area contributed by atoms with Gasteiger partial charge in [-0.05, 0) is 31.4 Å². The van der Waals surface area contributed by atoms with Gasteiger partial charge in [0.25, 0.3) is 0 Å². The second kappa shape index (κ2) is 6.79. The molecule has 114 valence electrons. The van der Waals surface area contributed by atoms with Crippen molar-refractivity contribution in [2.24, 2.45) is 0 Å². The predicted molar refractivity (Wildman–Crippen MR) is 89.3 cm³/mol. The van der Waals surface area contributed by atoms with Crippen LogP contribution >= 0.6 is 15.9 Å². The van der Waals surface area contributed by atoms with Gasteiger partial charge >= 0.3 is 0 Å². The van der Waals surface area contributed by atoms with Gasteiger partial charge < -0.3 is 14.0 Å². The number of imidazole rings is 1. The Morgan fingerprint density at radius 2 is 2.33 bits per heavy atom. The molecule has 0 radical (unpaired) electrons. The fourth-order valence-electron chi connectivity index (χ4n) is 2.96. The molecule has 1 aliphatic rings. The molecule has 2 aromatic rings. The lowest BCUT2D eigenvalue weighted by Gasteiger charge is -2.33. The molecule has 1 fully saturated rings. The molecule has 0 spiro atoms. The Kier molecular flexibility index (Phi) is 4.80. The van der Waals surface area contributed by atoms with Crippen LogP contribution in [0.2, 0.25) is 0 Å². The molecule has 1 saturated heterocycles. The summed E-state index contributed by atoms with van der Waals surface area (Å²) in [6.07, 6.45) is 5.83. The highest BCUT2D eigenvalue weighted by Gasteiger charge is 2.24. The Morgan fingerprint density at radius 3 is 3.14 bits per heavy atom. The van der Waals surface area contributed by atoms with Crippen molar-refractivity contribution in [1.82, 2.24) is 9.38 Å². The number of fused-ring (bicyclic) bond motifs is 1. The molecule has 4 nitrogen and oxygen atoms in total. The minimum Gasteiger partial charge on any atom is -0.376 e. The molecule has 2 aromatic heterocycles. The van der Waals surface area contributed by atoms with Crippen molar-refractivity contribution in [2.45, 2.75) is 37.6 Å². The second-order valence-electron chi connectivity index (χ2n) is 5.53. The third kappa shape index (κ3) is 3.09. The van der Waals surface area contributed by atoms with Gasteiger partial charge in [0.2, 0.25) is 0 Å². The van der Waals surface area contributed by atoms with Gasteiger partial charge in [-0.25, -0.2) is 4.98 Å². The number of nitrogens with zero attached hydrogens (tertiary/aromatic N) is 3. The number of hydrogen-bond acceptors (Lipinski definition) is 3. The van der Waals surface area contributed by atoms with Crippen LogP contribution in [-0.2, 0) is 10.1 Å². The van der Waals surface area contributed by atoms with Gasteiger partial charge in [-0.1, -0.05) is 28.9 Å². The zero-order valence-electron chi connectivity index (χ0n) is 12.5. The first-order chi connectivity index (χ1) is 10.3. The van der Waals surface area contributed by atoms with Crippen LogP contribution in [0, 0.1) is 0 Å².